The number of benzene rings is 2. The fourth-order valence-electron chi connectivity index (χ4n) is 3.85. The fraction of sp³-hybridized carbons (Fsp3) is 0.148. The highest BCUT2D eigenvalue weighted by Crippen LogP contribution is 2.28. The lowest BCUT2D eigenvalue weighted by atomic mass is 10.1. The van der Waals surface area contributed by atoms with Crippen LogP contribution in [0, 0.1) is 0 Å². The number of nitrogens with two attached hydrogens (primary N) is 1. The number of ether oxygens (including phenoxy) is 1. The molecule has 0 saturated carbocycles. The van der Waals surface area contributed by atoms with Crippen LogP contribution in [0.25, 0.3) is 11.0 Å². The van der Waals surface area contributed by atoms with Crippen LogP contribution in [-0.4, -0.2) is 43.6 Å². The van der Waals surface area contributed by atoms with Crippen molar-refractivity contribution < 1.29 is 24.2 Å². The van der Waals surface area contributed by atoms with Crippen molar-refractivity contribution in [2.75, 3.05) is 5.32 Å². The molecule has 2 heterocycles. The Bertz CT molecular complexity index is 1580. The number of para-hydroxylation sites is 2. The topological polar surface area (TPSA) is 181 Å². The van der Waals surface area contributed by atoms with E-state index in [9.17, 15) is 19.2 Å². The number of primary amides is 1. The van der Waals surface area contributed by atoms with Gasteiger partial charge in [-0.3, -0.25) is 14.4 Å². The quantitative estimate of drug-likeness (QED) is 0.185. The van der Waals surface area contributed by atoms with Crippen LogP contribution in [0.1, 0.15) is 18.7 Å². The summed E-state index contributed by atoms with van der Waals surface area (Å²) in [5.74, 6) is 0.333. The van der Waals surface area contributed by atoms with Crippen molar-refractivity contribution in [1.29, 1.82) is 0 Å². The third-order valence-electron chi connectivity index (χ3n) is 5.61. The number of allylic oxidation sites excluding steroid dienone is 1. The molecule has 0 spiro atoms. The molecule has 39 heavy (non-hydrogen) atoms. The van der Waals surface area contributed by atoms with Crippen LogP contribution in [0.5, 0.6) is 11.5 Å². The summed E-state index contributed by atoms with van der Waals surface area (Å²) < 4.78 is 7.33. The minimum Gasteiger partial charge on any atom is -0.465 e. The Morgan fingerprint density at radius 2 is 1.90 bits per heavy atom. The number of nitrogens with zero attached hydrogens (tertiary/aromatic N) is 2. The molecule has 6 N–H and O–H groups in total. The van der Waals surface area contributed by atoms with Crippen molar-refractivity contribution in [1.82, 2.24) is 19.9 Å². The van der Waals surface area contributed by atoms with Crippen LogP contribution in [0.3, 0.4) is 0 Å². The second-order valence-corrected chi connectivity index (χ2v) is 8.48. The molecule has 3 amide bonds. The van der Waals surface area contributed by atoms with Crippen molar-refractivity contribution >= 4 is 34.6 Å². The van der Waals surface area contributed by atoms with Gasteiger partial charge in [0.2, 0.25) is 11.8 Å². The van der Waals surface area contributed by atoms with E-state index in [-0.39, 0.29) is 25.1 Å². The van der Waals surface area contributed by atoms with Gasteiger partial charge in [-0.1, -0.05) is 30.3 Å². The monoisotopic (exact) mass is 530 g/mol. The van der Waals surface area contributed by atoms with Gasteiger partial charge >= 0.3 is 6.09 Å². The first-order chi connectivity index (χ1) is 18.8. The van der Waals surface area contributed by atoms with Crippen LogP contribution in [0.4, 0.5) is 10.5 Å². The molecule has 0 radical (unpaired) electrons. The summed E-state index contributed by atoms with van der Waals surface area (Å²) in [6, 6.07) is 16.6. The number of anilines is 1. The molecule has 0 aliphatic heterocycles. The first-order valence-electron chi connectivity index (χ1n) is 12.0. The van der Waals surface area contributed by atoms with E-state index >= 15 is 0 Å². The number of hydrogen-bond acceptors (Lipinski definition) is 6. The molecule has 4 aromatic rings. The zero-order valence-corrected chi connectivity index (χ0v) is 20.7. The van der Waals surface area contributed by atoms with E-state index in [1.165, 1.54) is 16.7 Å². The highest BCUT2D eigenvalue weighted by molar-refractivity contribution is 5.96. The zero-order chi connectivity index (χ0) is 27.8. The summed E-state index contributed by atoms with van der Waals surface area (Å²) >= 11 is 0. The molecule has 2 aromatic heterocycles. The van der Waals surface area contributed by atoms with Crippen molar-refractivity contribution in [3.63, 3.8) is 0 Å². The van der Waals surface area contributed by atoms with E-state index < -0.39 is 29.5 Å². The first kappa shape index (κ1) is 26.7. The molecular weight excluding hydrogens is 504 g/mol. The summed E-state index contributed by atoms with van der Waals surface area (Å²) in [4.78, 5) is 55.7. The van der Waals surface area contributed by atoms with E-state index in [1.807, 2.05) is 42.5 Å². The number of fused-ring (bicyclic) bond motifs is 1. The molecule has 0 fully saturated rings. The average Bonchev–Trinajstić information content (AvgIpc) is 3.32. The maximum Gasteiger partial charge on any atom is 0.405 e. The van der Waals surface area contributed by atoms with Gasteiger partial charge in [-0.15, -0.1) is 0 Å². The lowest BCUT2D eigenvalue weighted by molar-refractivity contribution is -0.118. The molecule has 12 heteroatoms. The van der Waals surface area contributed by atoms with Crippen LogP contribution in [0.15, 0.2) is 83.8 Å². The largest absolute Gasteiger partial charge is 0.465 e. The van der Waals surface area contributed by atoms with Crippen LogP contribution in [-0.2, 0) is 16.1 Å². The van der Waals surface area contributed by atoms with E-state index in [0.29, 0.717) is 22.8 Å². The summed E-state index contributed by atoms with van der Waals surface area (Å²) in [6.07, 6.45) is 2.97. The Labute approximate surface area is 222 Å². The summed E-state index contributed by atoms with van der Waals surface area (Å²) in [5.41, 5.74) is 5.82. The lowest BCUT2D eigenvalue weighted by Gasteiger charge is -2.16. The number of rotatable bonds is 11. The normalized spacial score (nSPS) is 11.8. The average molecular weight is 531 g/mol. The molecule has 0 bridgehead atoms. The third-order valence-corrected chi connectivity index (χ3v) is 5.61. The maximum absolute atomic E-state index is 13.1. The second-order valence-electron chi connectivity index (χ2n) is 8.48. The Morgan fingerprint density at radius 1 is 1.10 bits per heavy atom. The van der Waals surface area contributed by atoms with Crippen molar-refractivity contribution in [2.24, 2.45) is 5.73 Å². The van der Waals surface area contributed by atoms with Crippen LogP contribution < -0.4 is 26.7 Å². The van der Waals surface area contributed by atoms with Gasteiger partial charge in [0, 0.05) is 6.20 Å². The Morgan fingerprint density at radius 3 is 2.64 bits per heavy atom. The number of aromatic nitrogens is 3. The number of carboxylic acid groups (broad SMARTS) is 1. The number of hydrogen-bond donors (Lipinski definition) is 5. The zero-order valence-electron chi connectivity index (χ0n) is 20.7. The molecule has 12 nitrogen and oxygen atoms in total. The van der Waals surface area contributed by atoms with Gasteiger partial charge in [0.05, 0.1) is 12.1 Å². The number of amides is 3. The summed E-state index contributed by atoms with van der Waals surface area (Å²) in [5, 5.41) is 13.7. The molecule has 200 valence electrons. The number of aromatic amines is 1. The van der Waals surface area contributed by atoms with E-state index in [0.717, 1.165) is 11.6 Å². The standard InChI is InChI=1S/C27H26N6O6/c28-22(34)14-5-4-10-19(31-27(37)38)25(35)30-20-12-7-15-33(26(20)36)16-23-29-18-11-6-13-21(24(18)32-23)39-17-8-2-1-3-9-17/h1-3,5-9,11-15,19,31H,4,10,16H2,(H2,28,34)(H,29,32)(H,30,35)(H,37,38)/b14-5+. The molecule has 4 rings (SSSR count). The van der Waals surface area contributed by atoms with Crippen molar-refractivity contribution in [3.8, 4) is 11.5 Å². The molecule has 0 aliphatic carbocycles. The minimum absolute atomic E-state index is 0.0309. The predicted octanol–water partition coefficient (Wildman–Crippen LogP) is 2.96. The SMILES string of the molecule is NC(=O)/C=C/CCC(NC(=O)O)C(=O)Nc1cccn(Cc2nc3c(Oc4ccccc4)cccc3[nH]2)c1=O. The van der Waals surface area contributed by atoms with Gasteiger partial charge in [0.1, 0.15) is 28.8 Å². The summed E-state index contributed by atoms with van der Waals surface area (Å²) in [7, 11) is 0. The number of H-pyrrole nitrogens is 1. The maximum atomic E-state index is 13.1. The Kier molecular flexibility index (Phi) is 8.36. The summed E-state index contributed by atoms with van der Waals surface area (Å²) in [6.45, 7) is 0.0801. The van der Waals surface area contributed by atoms with Gasteiger partial charge in [-0.2, -0.15) is 0 Å². The van der Waals surface area contributed by atoms with Gasteiger partial charge < -0.3 is 35.8 Å². The smallest absolute Gasteiger partial charge is 0.405 e. The first-order valence-corrected chi connectivity index (χ1v) is 12.0. The van der Waals surface area contributed by atoms with Crippen molar-refractivity contribution in [3.05, 3.63) is 95.2 Å². The van der Waals surface area contributed by atoms with Gasteiger partial charge in [-0.05, 0) is 55.3 Å². The van der Waals surface area contributed by atoms with E-state index in [1.54, 1.807) is 18.3 Å². The molecule has 0 saturated heterocycles. The van der Waals surface area contributed by atoms with Crippen molar-refractivity contribution in [2.45, 2.75) is 25.4 Å². The Hall–Kier alpha value is -5.39. The number of nitrogens with one attached hydrogen (secondary N) is 3. The van der Waals surface area contributed by atoms with Crippen LogP contribution in [0.2, 0.25) is 0 Å². The molecule has 0 aliphatic rings. The highest BCUT2D eigenvalue weighted by atomic mass is 16.5. The van der Waals surface area contributed by atoms with Gasteiger partial charge in [-0.25, -0.2) is 9.78 Å². The number of carbonyl (C=O) groups is 3. The lowest BCUT2D eigenvalue weighted by Crippen LogP contribution is -2.44. The second kappa shape index (κ2) is 12.2. The van der Waals surface area contributed by atoms with Crippen LogP contribution >= 0.6 is 0 Å². The predicted molar refractivity (Wildman–Crippen MR) is 144 cm³/mol. The molecular formula is C27H26N6O6. The van der Waals surface area contributed by atoms with Gasteiger partial charge in [0.15, 0.2) is 5.75 Å². The van der Waals surface area contributed by atoms with E-state index in [4.69, 9.17) is 15.6 Å². The van der Waals surface area contributed by atoms with E-state index in [2.05, 4.69) is 20.6 Å². The molecule has 1 atom stereocenters. The third kappa shape index (κ3) is 7.10. The van der Waals surface area contributed by atoms with Gasteiger partial charge in [0.25, 0.3) is 5.56 Å². The number of pyridine rings is 1. The molecule has 1 unspecified atom stereocenters. The number of carbonyl (C=O) groups excluding carboxylic acids is 2. The molecule has 2 aromatic carbocycles. The minimum atomic E-state index is -1.40. The fourth-order valence-corrected chi connectivity index (χ4v) is 3.85. The highest BCUT2D eigenvalue weighted by Gasteiger charge is 2.21. The number of imidazole rings is 1. The Balaban J connectivity index is 1.50.